The highest BCUT2D eigenvalue weighted by molar-refractivity contribution is 5.95. The van der Waals surface area contributed by atoms with Crippen molar-refractivity contribution in [1.82, 2.24) is 24.8 Å². The largest absolute Gasteiger partial charge is 0.462 e. The molecule has 10 heteroatoms. The molecule has 1 unspecified atom stereocenters. The van der Waals surface area contributed by atoms with E-state index in [1.807, 2.05) is 6.20 Å². The van der Waals surface area contributed by atoms with Crippen molar-refractivity contribution >= 4 is 28.3 Å². The van der Waals surface area contributed by atoms with Gasteiger partial charge in [0, 0.05) is 60.6 Å². The molecule has 3 aliphatic heterocycles. The molecule has 2 fully saturated rings. The standard InChI is InChI=1S/C32H40N8O2/c1-5-29(41)40-16-15-39(18-23(40)8-11-33)31-26-10-14-38(30-22(3)21(2)17-27-25(30)9-12-34-27)19-28(26)35-32(36-31)42-20-24-7-6-13-37(24)4/h5,9,12,17,23-24,34H,1,6-8,10,13-16,18-20H2,2-4H3/t23-,24?/m0/s1. The topological polar surface area (TPSA) is 105 Å². The van der Waals surface area contributed by atoms with Crippen LogP contribution in [0.1, 0.15) is 41.6 Å². The van der Waals surface area contributed by atoms with Gasteiger partial charge in [-0.15, -0.1) is 0 Å². The number of carbonyl (C=O) groups excluding carboxylic acids is 1. The van der Waals surface area contributed by atoms with Crippen LogP contribution in [0.25, 0.3) is 10.9 Å². The van der Waals surface area contributed by atoms with Crippen molar-refractivity contribution in [3.8, 4) is 12.1 Å². The molecule has 1 amide bonds. The van der Waals surface area contributed by atoms with Crippen molar-refractivity contribution in [3.63, 3.8) is 0 Å². The number of aryl methyl sites for hydroxylation is 1. The van der Waals surface area contributed by atoms with Crippen molar-refractivity contribution < 1.29 is 9.53 Å². The Balaban J connectivity index is 1.35. The summed E-state index contributed by atoms with van der Waals surface area (Å²) in [6, 6.07) is 7.17. The molecule has 3 aromatic rings. The molecular weight excluding hydrogens is 528 g/mol. The van der Waals surface area contributed by atoms with Crippen molar-refractivity contribution in [2.75, 3.05) is 56.2 Å². The first kappa shape index (κ1) is 28.0. The number of likely N-dealkylation sites (tertiary alicyclic amines) is 1. The summed E-state index contributed by atoms with van der Waals surface area (Å²) >= 11 is 0. The molecule has 6 rings (SSSR count). The minimum atomic E-state index is -0.228. The zero-order valence-electron chi connectivity index (χ0n) is 24.9. The molecule has 0 bridgehead atoms. The number of aromatic amines is 1. The van der Waals surface area contributed by atoms with Crippen LogP contribution < -0.4 is 14.5 Å². The van der Waals surface area contributed by atoms with Crippen LogP contribution in [0.15, 0.2) is 31.0 Å². The summed E-state index contributed by atoms with van der Waals surface area (Å²) in [6.45, 7) is 12.8. The number of likely N-dealkylation sites (N-methyl/N-ethyl adjacent to an activating group) is 1. The van der Waals surface area contributed by atoms with E-state index >= 15 is 0 Å². The third-order valence-corrected chi connectivity index (χ3v) is 9.32. The summed E-state index contributed by atoms with van der Waals surface area (Å²) in [4.78, 5) is 34.7. The van der Waals surface area contributed by atoms with Gasteiger partial charge in [-0.25, -0.2) is 0 Å². The van der Waals surface area contributed by atoms with Gasteiger partial charge in [-0.3, -0.25) is 4.79 Å². The van der Waals surface area contributed by atoms with Gasteiger partial charge in [-0.1, -0.05) is 6.58 Å². The van der Waals surface area contributed by atoms with Gasteiger partial charge in [0.2, 0.25) is 5.91 Å². The molecule has 42 heavy (non-hydrogen) atoms. The van der Waals surface area contributed by atoms with Crippen molar-refractivity contribution in [2.24, 2.45) is 0 Å². The summed E-state index contributed by atoms with van der Waals surface area (Å²) in [6.07, 6.45) is 6.68. The Kier molecular flexibility index (Phi) is 7.78. The molecule has 2 aromatic heterocycles. The van der Waals surface area contributed by atoms with Crippen molar-refractivity contribution in [3.05, 3.63) is 53.4 Å². The molecule has 0 radical (unpaired) electrons. The van der Waals surface area contributed by atoms with Crippen LogP contribution in [0.2, 0.25) is 0 Å². The zero-order chi connectivity index (χ0) is 29.4. The lowest BCUT2D eigenvalue weighted by Crippen LogP contribution is -2.55. The van der Waals surface area contributed by atoms with Gasteiger partial charge in [-0.2, -0.15) is 15.2 Å². The fourth-order valence-corrected chi connectivity index (χ4v) is 6.83. The van der Waals surface area contributed by atoms with E-state index in [4.69, 9.17) is 14.7 Å². The first-order valence-corrected chi connectivity index (χ1v) is 15.0. The fraction of sp³-hybridized carbons (Fsp3) is 0.500. The van der Waals surface area contributed by atoms with E-state index in [-0.39, 0.29) is 18.4 Å². The number of amides is 1. The Morgan fingerprint density at radius 2 is 2.07 bits per heavy atom. The van der Waals surface area contributed by atoms with E-state index in [1.54, 1.807) is 4.90 Å². The van der Waals surface area contributed by atoms with E-state index < -0.39 is 0 Å². The van der Waals surface area contributed by atoms with Crippen LogP contribution in [0.4, 0.5) is 11.5 Å². The number of piperazine rings is 1. The second-order valence-electron chi connectivity index (χ2n) is 11.8. The smallest absolute Gasteiger partial charge is 0.318 e. The monoisotopic (exact) mass is 568 g/mol. The predicted molar refractivity (Wildman–Crippen MR) is 164 cm³/mol. The predicted octanol–water partition coefficient (Wildman–Crippen LogP) is 3.73. The minimum Gasteiger partial charge on any atom is -0.462 e. The maximum absolute atomic E-state index is 12.5. The molecule has 3 aliphatic rings. The molecule has 1 aromatic carbocycles. The number of nitrogens with zero attached hydrogens (tertiary/aromatic N) is 7. The number of carbonyl (C=O) groups is 1. The second-order valence-corrected chi connectivity index (χ2v) is 11.8. The molecule has 2 atom stereocenters. The number of nitriles is 1. The number of aromatic nitrogens is 3. The molecule has 0 saturated carbocycles. The summed E-state index contributed by atoms with van der Waals surface area (Å²) < 4.78 is 6.31. The first-order chi connectivity index (χ1) is 20.4. The number of hydrogen-bond acceptors (Lipinski definition) is 8. The lowest BCUT2D eigenvalue weighted by Gasteiger charge is -2.42. The average Bonchev–Trinajstić information content (AvgIpc) is 3.63. The van der Waals surface area contributed by atoms with E-state index in [0.29, 0.717) is 44.8 Å². The second kappa shape index (κ2) is 11.6. The van der Waals surface area contributed by atoms with Crippen LogP contribution in [-0.2, 0) is 17.8 Å². The van der Waals surface area contributed by atoms with Gasteiger partial charge in [0.25, 0.3) is 0 Å². The Labute approximate surface area is 247 Å². The highest BCUT2D eigenvalue weighted by atomic mass is 16.5. The third-order valence-electron chi connectivity index (χ3n) is 9.32. The maximum atomic E-state index is 12.5. The number of rotatable bonds is 7. The number of H-pyrrole nitrogens is 1. The molecule has 0 aliphatic carbocycles. The van der Waals surface area contributed by atoms with Crippen LogP contribution in [0.5, 0.6) is 6.01 Å². The van der Waals surface area contributed by atoms with Gasteiger partial charge < -0.3 is 29.3 Å². The van der Waals surface area contributed by atoms with E-state index in [9.17, 15) is 10.1 Å². The normalized spacial score (nSPS) is 21.0. The number of hydrogen-bond donors (Lipinski definition) is 1. The van der Waals surface area contributed by atoms with Crippen LogP contribution in [-0.4, -0.2) is 89.1 Å². The van der Waals surface area contributed by atoms with Crippen molar-refractivity contribution in [2.45, 2.75) is 58.2 Å². The fourth-order valence-electron chi connectivity index (χ4n) is 6.83. The summed E-state index contributed by atoms with van der Waals surface area (Å²) in [5.74, 6) is 0.736. The minimum absolute atomic E-state index is 0.135. The van der Waals surface area contributed by atoms with Crippen LogP contribution >= 0.6 is 0 Å². The molecule has 220 valence electrons. The number of benzene rings is 1. The van der Waals surface area contributed by atoms with Gasteiger partial charge in [0.1, 0.15) is 12.4 Å². The van der Waals surface area contributed by atoms with Gasteiger partial charge in [0.15, 0.2) is 0 Å². The lowest BCUT2D eigenvalue weighted by atomic mass is 9.99. The number of nitrogens with one attached hydrogen (secondary N) is 1. The summed E-state index contributed by atoms with van der Waals surface area (Å²) in [7, 11) is 2.14. The third kappa shape index (κ3) is 5.18. The van der Waals surface area contributed by atoms with Crippen LogP contribution in [0, 0.1) is 25.2 Å². The summed E-state index contributed by atoms with van der Waals surface area (Å²) in [5, 5.41) is 10.7. The van der Waals surface area contributed by atoms with E-state index in [2.05, 4.69) is 65.4 Å². The molecule has 10 nitrogen and oxygen atoms in total. The van der Waals surface area contributed by atoms with E-state index in [0.717, 1.165) is 48.5 Å². The molecular formula is C32H40N8O2. The number of anilines is 2. The Morgan fingerprint density at radius 1 is 1.21 bits per heavy atom. The zero-order valence-corrected chi connectivity index (χ0v) is 24.9. The number of fused-ring (bicyclic) bond motifs is 2. The van der Waals surface area contributed by atoms with Gasteiger partial charge >= 0.3 is 6.01 Å². The Morgan fingerprint density at radius 3 is 2.83 bits per heavy atom. The SMILES string of the molecule is C=CC(=O)N1CCN(c2nc(OCC3CCCN3C)nc3c2CCN(c2c(C)c(C)cc4[nH]ccc24)C3)C[C@@H]1CC#N. The Bertz CT molecular complexity index is 1540. The highest BCUT2D eigenvalue weighted by Gasteiger charge is 2.34. The first-order valence-electron chi connectivity index (χ1n) is 15.0. The van der Waals surface area contributed by atoms with Gasteiger partial charge in [-0.05, 0) is 76.0 Å². The van der Waals surface area contributed by atoms with Crippen LogP contribution in [0.3, 0.4) is 0 Å². The average molecular weight is 569 g/mol. The molecule has 2 saturated heterocycles. The number of ether oxygens (including phenoxy) is 1. The van der Waals surface area contributed by atoms with Crippen molar-refractivity contribution in [1.29, 1.82) is 5.26 Å². The summed E-state index contributed by atoms with van der Waals surface area (Å²) in [5.41, 5.74) is 7.04. The quantitative estimate of drug-likeness (QED) is 0.430. The molecule has 0 spiro atoms. The maximum Gasteiger partial charge on any atom is 0.318 e. The Hall–Kier alpha value is -4.10. The highest BCUT2D eigenvalue weighted by Crippen LogP contribution is 2.37. The lowest BCUT2D eigenvalue weighted by molar-refractivity contribution is -0.128. The molecule has 5 heterocycles. The van der Waals surface area contributed by atoms with E-state index in [1.165, 1.54) is 34.7 Å². The van der Waals surface area contributed by atoms with Gasteiger partial charge in [0.05, 0.1) is 30.8 Å². The molecule has 1 N–H and O–H groups in total.